The van der Waals surface area contributed by atoms with Gasteiger partial charge in [-0.25, -0.2) is 4.79 Å². The minimum Gasteiger partial charge on any atom is -0.449 e. The number of benzene rings is 3. The van der Waals surface area contributed by atoms with Crippen LogP contribution in [0.5, 0.6) is 0 Å². The van der Waals surface area contributed by atoms with E-state index in [1.165, 1.54) is 11.1 Å². The van der Waals surface area contributed by atoms with Crippen molar-refractivity contribution in [2.45, 2.75) is 19.2 Å². The van der Waals surface area contributed by atoms with Gasteiger partial charge in [0.05, 0.1) is 0 Å². The number of fused-ring (bicyclic) bond motifs is 3. The first-order valence-electron chi connectivity index (χ1n) is 12.2. The van der Waals surface area contributed by atoms with E-state index in [-0.39, 0.29) is 24.2 Å². The van der Waals surface area contributed by atoms with Gasteiger partial charge in [0, 0.05) is 43.5 Å². The molecule has 0 radical (unpaired) electrons. The van der Waals surface area contributed by atoms with E-state index in [1.54, 1.807) is 24.0 Å². The lowest BCUT2D eigenvalue weighted by molar-refractivity contribution is 0.0977. The van der Waals surface area contributed by atoms with Crippen LogP contribution in [-0.4, -0.2) is 50.8 Å². The van der Waals surface area contributed by atoms with Crippen molar-refractivity contribution in [2.24, 2.45) is 0 Å². The van der Waals surface area contributed by atoms with E-state index in [4.69, 9.17) is 10.5 Å². The molecule has 0 unspecified atom stereocenters. The first kappa shape index (κ1) is 24.1. The second-order valence-electron chi connectivity index (χ2n) is 9.51. The number of nitrogens with zero attached hydrogens (tertiary/aromatic N) is 2. The molecular formula is C27H28BF3N3O2-. The number of anilines is 2. The summed E-state index contributed by atoms with van der Waals surface area (Å²) in [4.78, 5) is 16.5. The van der Waals surface area contributed by atoms with Gasteiger partial charge in [0.25, 0.3) is 0 Å². The van der Waals surface area contributed by atoms with E-state index in [0.29, 0.717) is 43.1 Å². The molecule has 2 N–H and O–H groups in total. The van der Waals surface area contributed by atoms with E-state index in [9.17, 15) is 17.7 Å². The van der Waals surface area contributed by atoms with Crippen molar-refractivity contribution in [3.05, 3.63) is 82.9 Å². The molecule has 3 aromatic carbocycles. The highest BCUT2D eigenvalue weighted by Crippen LogP contribution is 2.44. The molecule has 3 aromatic rings. The number of piperazine rings is 1. The highest BCUT2D eigenvalue weighted by Gasteiger charge is 2.31. The molecular weight excluding hydrogens is 466 g/mol. The van der Waals surface area contributed by atoms with Crippen molar-refractivity contribution < 1.29 is 22.5 Å². The fourth-order valence-corrected chi connectivity index (χ4v) is 5.26. The Morgan fingerprint density at radius 2 is 1.56 bits per heavy atom. The molecule has 5 rings (SSSR count). The van der Waals surface area contributed by atoms with Crippen molar-refractivity contribution in [2.75, 3.05) is 43.4 Å². The summed E-state index contributed by atoms with van der Waals surface area (Å²) in [6, 6.07) is 19.6. The summed E-state index contributed by atoms with van der Waals surface area (Å²) in [6.45, 7) is -1.27. The summed E-state index contributed by atoms with van der Waals surface area (Å²) in [5.74, 6) is -0.00757. The van der Waals surface area contributed by atoms with Gasteiger partial charge < -0.3 is 33.2 Å². The van der Waals surface area contributed by atoms with Crippen LogP contribution in [0.2, 0.25) is 0 Å². The Bertz CT molecular complexity index is 1240. The first-order valence-corrected chi connectivity index (χ1v) is 12.2. The van der Waals surface area contributed by atoms with Gasteiger partial charge in [-0.3, -0.25) is 0 Å². The Balaban J connectivity index is 1.22. The molecule has 1 aliphatic heterocycles. The van der Waals surface area contributed by atoms with Crippen LogP contribution in [0, 0.1) is 6.92 Å². The molecule has 36 heavy (non-hydrogen) atoms. The first-order chi connectivity index (χ1) is 17.2. The lowest BCUT2D eigenvalue weighted by Crippen LogP contribution is -2.49. The second-order valence-corrected chi connectivity index (χ2v) is 9.51. The van der Waals surface area contributed by atoms with Crippen LogP contribution in [0.15, 0.2) is 60.7 Å². The van der Waals surface area contributed by atoms with Crippen molar-refractivity contribution >= 4 is 24.4 Å². The average molecular weight is 494 g/mol. The topological polar surface area (TPSA) is 58.8 Å². The fraction of sp³-hybridized carbons (Fsp3) is 0.296. The largest absolute Gasteiger partial charge is 0.482 e. The molecule has 0 aromatic heterocycles. The molecule has 1 saturated heterocycles. The predicted molar refractivity (Wildman–Crippen MR) is 137 cm³/mol. The van der Waals surface area contributed by atoms with Crippen molar-refractivity contribution in [3.8, 4) is 11.1 Å². The average Bonchev–Trinajstić information content (AvgIpc) is 3.18. The van der Waals surface area contributed by atoms with Crippen LogP contribution in [0.3, 0.4) is 0 Å². The summed E-state index contributed by atoms with van der Waals surface area (Å²) < 4.78 is 45.0. The molecule has 1 aliphatic carbocycles. The Morgan fingerprint density at radius 3 is 2.14 bits per heavy atom. The third-order valence-electron chi connectivity index (χ3n) is 7.23. The van der Waals surface area contributed by atoms with Gasteiger partial charge in [-0.1, -0.05) is 60.4 Å². The zero-order chi connectivity index (χ0) is 25.4. The monoisotopic (exact) mass is 494 g/mol. The molecule has 0 saturated carbocycles. The summed E-state index contributed by atoms with van der Waals surface area (Å²) >= 11 is 0. The maximum Gasteiger partial charge on any atom is 0.482 e. The van der Waals surface area contributed by atoms with E-state index in [2.05, 4.69) is 24.3 Å². The molecule has 1 amide bonds. The second kappa shape index (κ2) is 9.45. The molecule has 1 heterocycles. The third kappa shape index (κ3) is 4.74. The zero-order valence-electron chi connectivity index (χ0n) is 20.1. The number of rotatable bonds is 5. The maximum absolute atomic E-state index is 13.1. The Kier molecular flexibility index (Phi) is 6.32. The number of halogens is 3. The van der Waals surface area contributed by atoms with Gasteiger partial charge in [-0.05, 0) is 46.9 Å². The summed E-state index contributed by atoms with van der Waals surface area (Å²) in [5.41, 5.74) is 12.4. The molecule has 9 heteroatoms. The Hall–Kier alpha value is -3.62. The highest BCUT2D eigenvalue weighted by atomic mass is 19.4. The third-order valence-corrected chi connectivity index (χ3v) is 7.23. The van der Waals surface area contributed by atoms with Gasteiger partial charge in [-0.15, -0.1) is 0 Å². The molecule has 0 spiro atoms. The SMILES string of the molecule is Cc1c(N)cc(N2CCN(C(=O)OCC3c4ccccc4-c4ccccc43)CC2)cc1C[B-](F)(F)F. The molecule has 5 nitrogen and oxygen atoms in total. The van der Waals surface area contributed by atoms with Crippen LogP contribution in [0.1, 0.15) is 28.2 Å². The summed E-state index contributed by atoms with van der Waals surface area (Å²) in [7, 11) is 0. The van der Waals surface area contributed by atoms with Gasteiger partial charge in [0.1, 0.15) is 6.61 Å². The maximum atomic E-state index is 13.1. The number of hydrogen-bond acceptors (Lipinski definition) is 4. The normalized spacial score (nSPS) is 15.6. The highest BCUT2D eigenvalue weighted by molar-refractivity contribution is 6.57. The number of amides is 1. The lowest BCUT2D eigenvalue weighted by Gasteiger charge is -2.36. The van der Waals surface area contributed by atoms with Crippen LogP contribution < -0.4 is 10.6 Å². The fourth-order valence-electron chi connectivity index (χ4n) is 5.26. The number of hydrogen-bond donors (Lipinski definition) is 1. The van der Waals surface area contributed by atoms with E-state index in [0.717, 1.165) is 11.1 Å². The molecule has 1 fully saturated rings. The minimum atomic E-state index is -4.96. The lowest BCUT2D eigenvalue weighted by atomic mass is 9.80. The van der Waals surface area contributed by atoms with E-state index >= 15 is 0 Å². The van der Waals surface area contributed by atoms with E-state index < -0.39 is 13.3 Å². The van der Waals surface area contributed by atoms with Crippen LogP contribution in [-0.2, 0) is 11.1 Å². The van der Waals surface area contributed by atoms with Crippen molar-refractivity contribution in [1.29, 1.82) is 0 Å². The van der Waals surface area contributed by atoms with Crippen LogP contribution >= 0.6 is 0 Å². The van der Waals surface area contributed by atoms with Crippen molar-refractivity contribution in [1.82, 2.24) is 4.90 Å². The number of ether oxygens (including phenoxy) is 1. The molecule has 0 atom stereocenters. The Morgan fingerprint density at radius 1 is 0.972 bits per heavy atom. The molecule has 188 valence electrons. The van der Waals surface area contributed by atoms with Crippen LogP contribution in [0.25, 0.3) is 11.1 Å². The number of carbonyl (C=O) groups excluding carboxylic acids is 1. The van der Waals surface area contributed by atoms with Gasteiger partial charge in [0.2, 0.25) is 0 Å². The number of nitrogen functional groups attached to an aromatic ring is 1. The number of carbonyl (C=O) groups is 1. The predicted octanol–water partition coefficient (Wildman–Crippen LogP) is 5.58. The van der Waals surface area contributed by atoms with Crippen molar-refractivity contribution in [3.63, 3.8) is 0 Å². The van der Waals surface area contributed by atoms with Gasteiger partial charge in [0.15, 0.2) is 0 Å². The molecule has 2 aliphatic rings. The smallest absolute Gasteiger partial charge is 0.449 e. The minimum absolute atomic E-state index is 0.00757. The number of nitrogens with two attached hydrogens (primary N) is 1. The van der Waals surface area contributed by atoms with E-state index in [1.807, 2.05) is 29.2 Å². The van der Waals surface area contributed by atoms with Crippen LogP contribution in [0.4, 0.5) is 29.1 Å². The Labute approximate surface area is 208 Å². The van der Waals surface area contributed by atoms with Gasteiger partial charge >= 0.3 is 13.1 Å². The molecule has 0 bridgehead atoms. The summed E-state index contributed by atoms with van der Waals surface area (Å²) in [5, 5.41) is 0. The van der Waals surface area contributed by atoms with Gasteiger partial charge in [-0.2, -0.15) is 0 Å². The summed E-state index contributed by atoms with van der Waals surface area (Å²) in [6.07, 6.45) is -1.33. The quantitative estimate of drug-likeness (QED) is 0.372. The zero-order valence-corrected chi connectivity index (χ0v) is 20.1. The standard InChI is InChI=1S/C27H28BF3N3O2/c1-18-19(16-28(29,30)31)14-20(15-26(18)32)33-10-12-34(13-11-33)27(35)36-17-25-23-8-4-2-6-21(23)22-7-3-5-9-24(22)25/h2-9,14-15,25H,10-13,16-17,32H2,1H3/q-1.